The number of hydrogen-bond donors (Lipinski definition) is 1. The van der Waals surface area contributed by atoms with E-state index in [9.17, 15) is 4.79 Å². The van der Waals surface area contributed by atoms with E-state index >= 15 is 0 Å². The van der Waals surface area contributed by atoms with E-state index in [1.165, 1.54) is 0 Å². The minimum Gasteiger partial charge on any atom is -0.356 e. The first-order valence-electron chi connectivity index (χ1n) is 9.49. The minimum atomic E-state index is -0.196. The van der Waals surface area contributed by atoms with Crippen molar-refractivity contribution in [3.63, 3.8) is 0 Å². The molecule has 1 N–H and O–H groups in total. The maximum atomic E-state index is 12.5. The van der Waals surface area contributed by atoms with Crippen LogP contribution in [0.15, 0.2) is 64.6 Å². The number of carbonyl (C=O) groups excluding carboxylic acids is 1. The number of nitrogens with one attached hydrogen (secondary N) is 1. The molecule has 1 amide bonds. The van der Waals surface area contributed by atoms with Crippen LogP contribution in [0.3, 0.4) is 0 Å². The molecule has 0 aliphatic heterocycles. The van der Waals surface area contributed by atoms with Crippen molar-refractivity contribution in [2.45, 2.75) is 26.3 Å². The van der Waals surface area contributed by atoms with Gasteiger partial charge in [-0.15, -0.1) is 11.3 Å². The molecule has 0 aliphatic rings. The fourth-order valence-corrected chi connectivity index (χ4v) is 4.02. The summed E-state index contributed by atoms with van der Waals surface area (Å²) >= 11 is 1.64. The zero-order valence-electron chi connectivity index (χ0n) is 16.3. The summed E-state index contributed by atoms with van der Waals surface area (Å²) < 4.78 is 7.37. The highest BCUT2D eigenvalue weighted by Crippen LogP contribution is 2.34. The van der Waals surface area contributed by atoms with Gasteiger partial charge in [-0.25, -0.2) is 0 Å². The first kappa shape index (κ1) is 19.1. The van der Waals surface area contributed by atoms with E-state index in [1.807, 2.05) is 66.4 Å². The predicted octanol–water partition coefficient (Wildman–Crippen LogP) is 4.49. The van der Waals surface area contributed by atoms with E-state index in [4.69, 9.17) is 4.52 Å². The third-order valence-corrected chi connectivity index (χ3v) is 5.68. The number of rotatable bonds is 7. The molecule has 7 heteroatoms. The Morgan fingerprint density at radius 1 is 1.24 bits per heavy atom. The van der Waals surface area contributed by atoms with Crippen LogP contribution in [0.2, 0.25) is 0 Å². The summed E-state index contributed by atoms with van der Waals surface area (Å²) in [4.78, 5) is 13.6. The number of amides is 1. The number of aromatic nitrogens is 3. The monoisotopic (exact) mass is 406 g/mol. The van der Waals surface area contributed by atoms with Crippen molar-refractivity contribution >= 4 is 17.2 Å². The summed E-state index contributed by atoms with van der Waals surface area (Å²) in [6.45, 7) is 4.87. The summed E-state index contributed by atoms with van der Waals surface area (Å²) in [5.41, 5.74) is 3.71. The standard InChI is InChI=1S/C22H22N4O2S/c1-15-13-19(28-25-15)18-14-24-26(21(18)20-9-6-12-29-20)11-10-23-22(27)16(2)17-7-4-3-5-8-17/h3-9,12-14,16H,10-11H2,1-2H3,(H,23,27)/t16-/m0/s1. The molecule has 4 aromatic rings. The molecule has 1 atom stereocenters. The molecule has 1 aromatic carbocycles. The molecule has 0 saturated carbocycles. The maximum absolute atomic E-state index is 12.5. The van der Waals surface area contributed by atoms with E-state index < -0.39 is 0 Å². The highest BCUT2D eigenvalue weighted by molar-refractivity contribution is 7.13. The van der Waals surface area contributed by atoms with Crippen molar-refractivity contribution in [2.24, 2.45) is 0 Å². The summed E-state index contributed by atoms with van der Waals surface area (Å²) in [6, 6.07) is 15.8. The molecule has 0 saturated heterocycles. The molecule has 3 aromatic heterocycles. The molecule has 29 heavy (non-hydrogen) atoms. The summed E-state index contributed by atoms with van der Waals surface area (Å²) in [7, 11) is 0. The zero-order chi connectivity index (χ0) is 20.2. The van der Waals surface area contributed by atoms with Crippen molar-refractivity contribution in [2.75, 3.05) is 6.54 Å². The smallest absolute Gasteiger partial charge is 0.227 e. The van der Waals surface area contributed by atoms with Crippen LogP contribution < -0.4 is 5.32 Å². The summed E-state index contributed by atoms with van der Waals surface area (Å²) in [6.07, 6.45) is 1.80. The molecule has 0 fully saturated rings. The van der Waals surface area contributed by atoms with Crippen LogP contribution in [-0.2, 0) is 11.3 Å². The second-order valence-corrected chi connectivity index (χ2v) is 7.81. The van der Waals surface area contributed by atoms with Gasteiger partial charge in [0.25, 0.3) is 0 Å². The lowest BCUT2D eigenvalue weighted by molar-refractivity contribution is -0.122. The SMILES string of the molecule is Cc1cc(-c2cnn(CCNC(=O)[C@@H](C)c3ccccc3)c2-c2cccs2)on1. The second-order valence-electron chi connectivity index (χ2n) is 6.86. The lowest BCUT2D eigenvalue weighted by Crippen LogP contribution is -2.31. The van der Waals surface area contributed by atoms with Gasteiger partial charge in [-0.05, 0) is 30.9 Å². The molecule has 0 radical (unpaired) electrons. The predicted molar refractivity (Wildman–Crippen MR) is 114 cm³/mol. The van der Waals surface area contributed by atoms with Gasteiger partial charge in [0.15, 0.2) is 5.76 Å². The van der Waals surface area contributed by atoms with Gasteiger partial charge in [0.05, 0.1) is 40.5 Å². The normalized spacial score (nSPS) is 12.1. The lowest BCUT2D eigenvalue weighted by Gasteiger charge is -2.13. The van der Waals surface area contributed by atoms with Crippen LogP contribution >= 0.6 is 11.3 Å². The number of carbonyl (C=O) groups is 1. The average Bonchev–Trinajstić information content (AvgIpc) is 3.48. The largest absolute Gasteiger partial charge is 0.356 e. The average molecular weight is 407 g/mol. The molecule has 0 bridgehead atoms. The second kappa shape index (κ2) is 8.45. The summed E-state index contributed by atoms with van der Waals surface area (Å²) in [5.74, 6) is 0.504. The molecular weight excluding hydrogens is 384 g/mol. The first-order chi connectivity index (χ1) is 14.1. The van der Waals surface area contributed by atoms with Gasteiger partial charge in [0.1, 0.15) is 0 Å². The minimum absolute atomic E-state index is 0.00659. The Hall–Kier alpha value is -3.19. The Balaban J connectivity index is 1.49. The molecule has 6 nitrogen and oxygen atoms in total. The molecule has 4 rings (SSSR count). The van der Waals surface area contributed by atoms with Crippen LogP contribution in [0.1, 0.15) is 24.1 Å². The van der Waals surface area contributed by atoms with Crippen molar-refractivity contribution in [3.05, 3.63) is 71.4 Å². The van der Waals surface area contributed by atoms with Gasteiger partial charge in [0.2, 0.25) is 5.91 Å². The van der Waals surface area contributed by atoms with Gasteiger partial charge in [-0.2, -0.15) is 5.10 Å². The fourth-order valence-electron chi connectivity index (χ4n) is 3.23. The van der Waals surface area contributed by atoms with E-state index in [0.717, 1.165) is 27.4 Å². The topological polar surface area (TPSA) is 73.0 Å². The van der Waals surface area contributed by atoms with Crippen molar-refractivity contribution in [3.8, 4) is 21.9 Å². The number of thiophene rings is 1. The Morgan fingerprint density at radius 3 is 2.76 bits per heavy atom. The van der Waals surface area contributed by atoms with Crippen molar-refractivity contribution in [1.82, 2.24) is 20.3 Å². The van der Waals surface area contributed by atoms with Gasteiger partial charge in [-0.1, -0.05) is 41.6 Å². The van der Waals surface area contributed by atoms with E-state index in [1.54, 1.807) is 17.5 Å². The van der Waals surface area contributed by atoms with Crippen LogP contribution in [0.25, 0.3) is 21.9 Å². The van der Waals surface area contributed by atoms with Crippen molar-refractivity contribution in [1.29, 1.82) is 0 Å². The maximum Gasteiger partial charge on any atom is 0.227 e. The Morgan fingerprint density at radius 2 is 2.07 bits per heavy atom. The van der Waals surface area contributed by atoms with Crippen LogP contribution in [0, 0.1) is 6.92 Å². The third-order valence-electron chi connectivity index (χ3n) is 4.80. The van der Waals surface area contributed by atoms with Gasteiger partial charge in [-0.3, -0.25) is 9.48 Å². The first-order valence-corrected chi connectivity index (χ1v) is 10.4. The Kier molecular flexibility index (Phi) is 5.57. The number of aryl methyl sites for hydroxylation is 1. The fraction of sp³-hybridized carbons (Fsp3) is 0.227. The molecule has 0 aliphatic carbocycles. The highest BCUT2D eigenvalue weighted by atomic mass is 32.1. The Labute approximate surface area is 173 Å². The number of benzene rings is 1. The number of nitrogens with zero attached hydrogens (tertiary/aromatic N) is 3. The number of hydrogen-bond acceptors (Lipinski definition) is 5. The van der Waals surface area contributed by atoms with E-state index in [0.29, 0.717) is 18.8 Å². The Bertz CT molecular complexity index is 1080. The lowest BCUT2D eigenvalue weighted by atomic mass is 10.0. The quantitative estimate of drug-likeness (QED) is 0.491. The molecule has 0 unspecified atom stereocenters. The molecule has 148 valence electrons. The third kappa shape index (κ3) is 4.14. The van der Waals surface area contributed by atoms with Crippen LogP contribution in [0.4, 0.5) is 0 Å². The van der Waals surface area contributed by atoms with Crippen LogP contribution in [-0.4, -0.2) is 27.4 Å². The van der Waals surface area contributed by atoms with E-state index in [-0.39, 0.29) is 11.8 Å². The van der Waals surface area contributed by atoms with Crippen LogP contribution in [0.5, 0.6) is 0 Å². The van der Waals surface area contributed by atoms with Gasteiger partial charge in [0, 0.05) is 12.6 Å². The van der Waals surface area contributed by atoms with Gasteiger partial charge >= 0.3 is 0 Å². The van der Waals surface area contributed by atoms with E-state index in [2.05, 4.69) is 21.6 Å². The highest BCUT2D eigenvalue weighted by Gasteiger charge is 2.19. The molecular formula is C22H22N4O2S. The zero-order valence-corrected chi connectivity index (χ0v) is 17.1. The summed E-state index contributed by atoms with van der Waals surface area (Å²) in [5, 5.41) is 13.6. The van der Waals surface area contributed by atoms with Gasteiger partial charge < -0.3 is 9.84 Å². The molecule has 3 heterocycles. The molecule has 0 spiro atoms. The van der Waals surface area contributed by atoms with Crippen molar-refractivity contribution < 1.29 is 9.32 Å².